The molecule has 0 aliphatic carbocycles. The minimum atomic E-state index is -1.02. The molecule has 0 radical (unpaired) electrons. The molecule has 2 aromatic heterocycles. The third-order valence-corrected chi connectivity index (χ3v) is 11.1. The molecule has 0 fully saturated rings. The van der Waals surface area contributed by atoms with E-state index in [0.29, 0.717) is 34.2 Å². The largest absolute Gasteiger partial charge is 0.462 e. The normalized spacial score (nSPS) is 11.8. The summed E-state index contributed by atoms with van der Waals surface area (Å²) < 4.78 is 15.8. The summed E-state index contributed by atoms with van der Waals surface area (Å²) in [7, 11) is 0.516. The monoisotopic (exact) mass is 793 g/mol. The van der Waals surface area contributed by atoms with Gasteiger partial charge < -0.3 is 13.7 Å². The number of nitrogens with zero attached hydrogens (tertiary/aromatic N) is 5. The number of carbonyl (C=O) groups excluding carboxylic acids is 1. The van der Waals surface area contributed by atoms with Crippen LogP contribution in [-0.4, -0.2) is 47.8 Å². The summed E-state index contributed by atoms with van der Waals surface area (Å²) in [6, 6.07) is 56.0. The number of ether oxygens (including phenoxy) is 1. The maximum Gasteiger partial charge on any atom is 0.339 e. The first kappa shape index (κ1) is 39.2. The van der Waals surface area contributed by atoms with Gasteiger partial charge in [0, 0.05) is 11.8 Å². The molecule has 0 aliphatic rings. The first-order valence-electron chi connectivity index (χ1n) is 19.9. The van der Waals surface area contributed by atoms with E-state index in [4.69, 9.17) is 19.5 Å². The maximum absolute atomic E-state index is 13.8. The molecule has 2 heterocycles. The van der Waals surface area contributed by atoms with E-state index >= 15 is 0 Å². The van der Waals surface area contributed by atoms with E-state index in [1.54, 1.807) is 0 Å². The summed E-state index contributed by atoms with van der Waals surface area (Å²) in [5.41, 5.74) is 9.95. The molecule has 8 rings (SSSR count). The minimum absolute atomic E-state index is 0.229. The van der Waals surface area contributed by atoms with Crippen LogP contribution in [0, 0.1) is 0 Å². The van der Waals surface area contributed by atoms with Crippen LogP contribution in [0.1, 0.15) is 65.9 Å². The first-order valence-corrected chi connectivity index (χ1v) is 20.7. The molecule has 0 N–H and O–H groups in total. The number of carbonyl (C=O) groups is 1. The van der Waals surface area contributed by atoms with Gasteiger partial charge in [-0.15, -0.1) is 5.10 Å². The molecule has 9 heteroatoms. The third kappa shape index (κ3) is 7.24. The zero-order valence-electron chi connectivity index (χ0n) is 34.0. The molecule has 0 amide bonds. The van der Waals surface area contributed by atoms with Gasteiger partial charge in [0.25, 0.3) is 0 Å². The Balaban J connectivity index is 1.52. The Morgan fingerprint density at radius 3 is 1.69 bits per heavy atom. The molecule has 0 unspecified atom stereocenters. The first-order chi connectivity index (χ1) is 28.8. The summed E-state index contributed by atoms with van der Waals surface area (Å²) in [6.45, 7) is 9.17. The van der Waals surface area contributed by atoms with Crippen LogP contribution < -0.4 is 0 Å². The van der Waals surface area contributed by atoms with Crippen molar-refractivity contribution >= 4 is 16.5 Å². The molecule has 8 aromatic rings. The van der Waals surface area contributed by atoms with Gasteiger partial charge in [-0.1, -0.05) is 172 Å². The Labute approximate surface area is 348 Å². The number of aromatic nitrogens is 5. The smallest absolute Gasteiger partial charge is 0.339 e. The highest BCUT2D eigenvalue weighted by molar-refractivity contribution is 5.98. The Kier molecular flexibility index (Phi) is 11.1. The fourth-order valence-electron chi connectivity index (χ4n) is 8.40. The van der Waals surface area contributed by atoms with Gasteiger partial charge in [0.15, 0.2) is 0 Å². The zero-order chi connectivity index (χ0) is 41.0. The standard InChI is InChI=1S/C50H47N5O3Si/c1-5-57-48(56)37-31-44(47-51-52-53-55(47)50(38-25-15-8-16-26-38,39-27-17-9-18-28-39)40-29-19-10-20-30-40)54(33-37)43-32-41(35-21-11-6-12-22-35)46(49(2,3)4)45(42(43)34-58-59)36-23-13-7-14-24-36/h6-33H,5,34H2,1-4,59H3. The quantitative estimate of drug-likeness (QED) is 0.0697. The van der Waals surface area contributed by atoms with Crippen LogP contribution in [0.3, 0.4) is 0 Å². The summed E-state index contributed by atoms with van der Waals surface area (Å²) in [6.07, 6.45) is 1.85. The second-order valence-corrected chi connectivity index (χ2v) is 16.1. The Morgan fingerprint density at radius 1 is 0.695 bits per heavy atom. The molecule has 59 heavy (non-hydrogen) atoms. The zero-order valence-corrected chi connectivity index (χ0v) is 36.0. The van der Waals surface area contributed by atoms with Gasteiger partial charge in [-0.05, 0) is 79.4 Å². The number of rotatable bonds is 12. The fourth-order valence-corrected chi connectivity index (χ4v) is 8.69. The van der Waals surface area contributed by atoms with Crippen molar-refractivity contribution in [2.75, 3.05) is 6.61 Å². The average molecular weight is 794 g/mol. The lowest BCUT2D eigenvalue weighted by Crippen LogP contribution is -2.39. The highest BCUT2D eigenvalue weighted by Crippen LogP contribution is 2.47. The molecule has 0 bridgehead atoms. The molecular weight excluding hydrogens is 747 g/mol. The van der Waals surface area contributed by atoms with Gasteiger partial charge >= 0.3 is 5.97 Å². The number of benzene rings is 6. The molecule has 8 nitrogen and oxygen atoms in total. The van der Waals surface area contributed by atoms with E-state index in [-0.39, 0.29) is 12.0 Å². The van der Waals surface area contributed by atoms with E-state index < -0.39 is 11.5 Å². The summed E-state index contributed by atoms with van der Waals surface area (Å²) in [5, 5.41) is 14.1. The van der Waals surface area contributed by atoms with Crippen LogP contribution in [0.4, 0.5) is 0 Å². The van der Waals surface area contributed by atoms with E-state index in [2.05, 4.69) is 122 Å². The van der Waals surface area contributed by atoms with Crippen molar-refractivity contribution in [1.29, 1.82) is 0 Å². The molecule has 0 atom stereocenters. The third-order valence-electron chi connectivity index (χ3n) is 10.8. The molecule has 0 saturated carbocycles. The van der Waals surface area contributed by atoms with Crippen LogP contribution in [0.5, 0.6) is 0 Å². The number of hydrogen-bond acceptors (Lipinski definition) is 6. The van der Waals surface area contributed by atoms with Gasteiger partial charge in [-0.2, -0.15) is 0 Å². The van der Waals surface area contributed by atoms with E-state index in [0.717, 1.165) is 50.2 Å². The second-order valence-electron chi connectivity index (χ2n) is 15.5. The van der Waals surface area contributed by atoms with Crippen LogP contribution in [0.25, 0.3) is 39.5 Å². The topological polar surface area (TPSA) is 84.1 Å². The highest BCUT2D eigenvalue weighted by Gasteiger charge is 2.42. The van der Waals surface area contributed by atoms with E-state index in [1.807, 2.05) is 90.6 Å². The molecule has 0 spiro atoms. The Bertz CT molecular complexity index is 2580. The summed E-state index contributed by atoms with van der Waals surface area (Å²) >= 11 is 0. The highest BCUT2D eigenvalue weighted by atomic mass is 28.2. The predicted octanol–water partition coefficient (Wildman–Crippen LogP) is 9.58. The number of esters is 1. The lowest BCUT2D eigenvalue weighted by atomic mass is 9.75. The van der Waals surface area contributed by atoms with Gasteiger partial charge in [-0.3, -0.25) is 0 Å². The molecule has 294 valence electrons. The van der Waals surface area contributed by atoms with Crippen LogP contribution in [0.2, 0.25) is 0 Å². The van der Waals surface area contributed by atoms with E-state index in [9.17, 15) is 4.79 Å². The Hall–Kier alpha value is -6.68. The van der Waals surface area contributed by atoms with Crippen molar-refractivity contribution in [2.45, 2.75) is 45.3 Å². The SMILES string of the molecule is CCOC(=O)c1cc(-c2nnnn2C(c2ccccc2)(c2ccccc2)c2ccccc2)n(-c2cc(-c3ccccc3)c(C(C)(C)C)c(-c3ccccc3)c2CO[SiH3])c1. The number of tetrazole rings is 1. The van der Waals surface area contributed by atoms with Crippen LogP contribution >= 0.6 is 0 Å². The van der Waals surface area contributed by atoms with Crippen molar-refractivity contribution in [1.82, 2.24) is 24.8 Å². The van der Waals surface area contributed by atoms with Crippen LogP contribution in [-0.2, 0) is 26.7 Å². The summed E-state index contributed by atoms with van der Waals surface area (Å²) in [5.74, 6) is 0.0165. The van der Waals surface area contributed by atoms with Gasteiger partial charge in [0.1, 0.15) is 16.0 Å². The van der Waals surface area contributed by atoms with Crippen molar-refractivity contribution < 1.29 is 14.0 Å². The fraction of sp³-hybridized carbons (Fsp3) is 0.160. The minimum Gasteiger partial charge on any atom is -0.462 e. The number of hydrogen-bond donors (Lipinski definition) is 0. The predicted molar refractivity (Wildman–Crippen MR) is 237 cm³/mol. The molecule has 0 saturated heterocycles. The Morgan fingerprint density at radius 2 is 1.20 bits per heavy atom. The van der Waals surface area contributed by atoms with Crippen molar-refractivity contribution in [3.8, 4) is 39.5 Å². The summed E-state index contributed by atoms with van der Waals surface area (Å²) in [4.78, 5) is 13.8. The molecular formula is C50H47N5O3Si. The van der Waals surface area contributed by atoms with Crippen molar-refractivity contribution in [3.63, 3.8) is 0 Å². The molecule has 0 aliphatic heterocycles. The second kappa shape index (κ2) is 16.7. The lowest BCUT2D eigenvalue weighted by Gasteiger charge is -2.36. The van der Waals surface area contributed by atoms with Crippen molar-refractivity contribution in [3.05, 3.63) is 203 Å². The van der Waals surface area contributed by atoms with Crippen LogP contribution in [0.15, 0.2) is 170 Å². The van der Waals surface area contributed by atoms with E-state index in [1.165, 1.54) is 5.56 Å². The lowest BCUT2D eigenvalue weighted by molar-refractivity contribution is 0.0526. The average Bonchev–Trinajstić information content (AvgIpc) is 3.94. The molecule has 6 aromatic carbocycles. The van der Waals surface area contributed by atoms with Crippen molar-refractivity contribution in [2.24, 2.45) is 0 Å². The van der Waals surface area contributed by atoms with Gasteiger partial charge in [0.05, 0.1) is 30.2 Å². The van der Waals surface area contributed by atoms with Gasteiger partial charge in [0.2, 0.25) is 5.82 Å². The van der Waals surface area contributed by atoms with Gasteiger partial charge in [-0.25, -0.2) is 9.48 Å². The maximum atomic E-state index is 13.8.